The Morgan fingerprint density at radius 2 is 2.08 bits per heavy atom. The molecule has 25 heavy (non-hydrogen) atoms. The SMILES string of the molecule is Cc1ccc(SCCCN(C)C(=O)Nc2cc(C3CC3)nn2C)cc1. The van der Waals surface area contributed by atoms with E-state index in [0.29, 0.717) is 5.92 Å². The van der Waals surface area contributed by atoms with Gasteiger partial charge in [-0.15, -0.1) is 11.8 Å². The molecule has 0 atom stereocenters. The van der Waals surface area contributed by atoms with Gasteiger partial charge in [-0.05, 0) is 44.1 Å². The lowest BCUT2D eigenvalue weighted by atomic mass is 10.2. The minimum absolute atomic E-state index is 0.0781. The third-order valence-corrected chi connectivity index (χ3v) is 5.50. The van der Waals surface area contributed by atoms with Crippen LogP contribution in [0.3, 0.4) is 0 Å². The summed E-state index contributed by atoms with van der Waals surface area (Å²) in [7, 11) is 3.71. The first-order valence-corrected chi connectivity index (χ1v) is 9.77. The monoisotopic (exact) mass is 358 g/mol. The molecule has 1 heterocycles. The maximum absolute atomic E-state index is 12.3. The topological polar surface area (TPSA) is 50.2 Å². The molecule has 0 saturated heterocycles. The van der Waals surface area contributed by atoms with Gasteiger partial charge in [0.2, 0.25) is 0 Å². The standard InChI is InChI=1S/C19H26N4OS/c1-14-5-9-16(10-6-14)25-12-4-11-22(2)19(24)20-18-13-17(15-7-8-15)21-23(18)3/h5-6,9-10,13,15H,4,7-8,11-12H2,1-3H3,(H,20,24). The number of hydrogen-bond donors (Lipinski definition) is 1. The van der Waals surface area contributed by atoms with Crippen LogP contribution in [0.4, 0.5) is 10.6 Å². The number of carbonyl (C=O) groups excluding carboxylic acids is 1. The van der Waals surface area contributed by atoms with Crippen LogP contribution in [-0.4, -0.2) is 40.1 Å². The number of benzene rings is 1. The molecular weight excluding hydrogens is 332 g/mol. The zero-order valence-electron chi connectivity index (χ0n) is 15.2. The fourth-order valence-electron chi connectivity index (χ4n) is 2.62. The van der Waals surface area contributed by atoms with Crippen molar-refractivity contribution in [3.8, 4) is 0 Å². The highest BCUT2D eigenvalue weighted by molar-refractivity contribution is 7.99. The van der Waals surface area contributed by atoms with Gasteiger partial charge < -0.3 is 4.90 Å². The lowest BCUT2D eigenvalue weighted by Gasteiger charge is -2.17. The van der Waals surface area contributed by atoms with E-state index in [1.165, 1.54) is 23.3 Å². The number of rotatable bonds is 7. The summed E-state index contributed by atoms with van der Waals surface area (Å²) in [5.74, 6) is 2.36. The van der Waals surface area contributed by atoms with Crippen LogP contribution in [0.1, 0.15) is 36.4 Å². The van der Waals surface area contributed by atoms with Crippen molar-refractivity contribution in [2.24, 2.45) is 7.05 Å². The molecule has 1 saturated carbocycles. The van der Waals surface area contributed by atoms with Crippen LogP contribution in [0.25, 0.3) is 0 Å². The van der Waals surface area contributed by atoms with Gasteiger partial charge in [0.05, 0.1) is 5.69 Å². The van der Waals surface area contributed by atoms with Gasteiger partial charge in [0.25, 0.3) is 0 Å². The molecule has 1 aromatic carbocycles. The zero-order chi connectivity index (χ0) is 17.8. The Kier molecular flexibility index (Phi) is 5.68. The molecular formula is C19H26N4OS. The Morgan fingerprint density at radius 3 is 2.76 bits per heavy atom. The smallest absolute Gasteiger partial charge is 0.322 e. The average molecular weight is 359 g/mol. The Bertz CT molecular complexity index is 722. The van der Waals surface area contributed by atoms with Gasteiger partial charge >= 0.3 is 6.03 Å². The summed E-state index contributed by atoms with van der Waals surface area (Å²) in [6.07, 6.45) is 3.38. The highest BCUT2D eigenvalue weighted by Gasteiger charge is 2.27. The van der Waals surface area contributed by atoms with E-state index in [-0.39, 0.29) is 6.03 Å². The van der Waals surface area contributed by atoms with E-state index in [1.54, 1.807) is 9.58 Å². The third-order valence-electron chi connectivity index (χ3n) is 4.40. The number of aryl methyl sites for hydroxylation is 2. The van der Waals surface area contributed by atoms with Crippen LogP contribution in [0.5, 0.6) is 0 Å². The van der Waals surface area contributed by atoms with Gasteiger partial charge in [-0.2, -0.15) is 5.10 Å². The lowest BCUT2D eigenvalue weighted by molar-refractivity contribution is 0.222. The molecule has 5 nitrogen and oxygen atoms in total. The molecule has 1 fully saturated rings. The normalized spacial score (nSPS) is 13.7. The van der Waals surface area contributed by atoms with Crippen LogP contribution in [0, 0.1) is 6.92 Å². The number of hydrogen-bond acceptors (Lipinski definition) is 3. The lowest BCUT2D eigenvalue weighted by Crippen LogP contribution is -2.33. The summed E-state index contributed by atoms with van der Waals surface area (Å²) in [6.45, 7) is 2.83. The Balaban J connectivity index is 1.40. The molecule has 0 unspecified atom stereocenters. The number of anilines is 1. The molecule has 3 rings (SSSR count). The van der Waals surface area contributed by atoms with E-state index in [2.05, 4.69) is 41.6 Å². The maximum atomic E-state index is 12.3. The molecule has 0 bridgehead atoms. The van der Waals surface area contributed by atoms with Crippen molar-refractivity contribution >= 4 is 23.6 Å². The van der Waals surface area contributed by atoms with Gasteiger partial charge in [-0.3, -0.25) is 10.00 Å². The van der Waals surface area contributed by atoms with Crippen molar-refractivity contribution in [3.63, 3.8) is 0 Å². The van der Waals surface area contributed by atoms with E-state index < -0.39 is 0 Å². The number of nitrogens with zero attached hydrogens (tertiary/aromatic N) is 3. The number of amides is 2. The molecule has 0 spiro atoms. The van der Waals surface area contributed by atoms with Crippen molar-refractivity contribution in [2.75, 3.05) is 24.7 Å². The van der Waals surface area contributed by atoms with Crippen LogP contribution in [0.2, 0.25) is 0 Å². The number of urea groups is 1. The number of thioether (sulfide) groups is 1. The first-order chi connectivity index (χ1) is 12.0. The summed E-state index contributed by atoms with van der Waals surface area (Å²) in [4.78, 5) is 15.3. The van der Waals surface area contributed by atoms with Crippen molar-refractivity contribution in [1.82, 2.24) is 14.7 Å². The molecule has 1 aliphatic carbocycles. The van der Waals surface area contributed by atoms with Gasteiger partial charge in [-0.1, -0.05) is 17.7 Å². The highest BCUT2D eigenvalue weighted by atomic mass is 32.2. The highest BCUT2D eigenvalue weighted by Crippen LogP contribution is 2.39. The van der Waals surface area contributed by atoms with Crippen LogP contribution in [0.15, 0.2) is 35.2 Å². The predicted molar refractivity (Wildman–Crippen MR) is 103 cm³/mol. The summed E-state index contributed by atoms with van der Waals surface area (Å²) >= 11 is 1.83. The van der Waals surface area contributed by atoms with E-state index in [0.717, 1.165) is 30.2 Å². The average Bonchev–Trinajstić information content (AvgIpc) is 3.38. The van der Waals surface area contributed by atoms with E-state index >= 15 is 0 Å². The van der Waals surface area contributed by atoms with Crippen molar-refractivity contribution in [3.05, 3.63) is 41.6 Å². The Labute approximate surface area is 153 Å². The molecule has 1 N–H and O–H groups in total. The van der Waals surface area contributed by atoms with Crippen molar-refractivity contribution < 1.29 is 4.79 Å². The first kappa shape index (κ1) is 17.9. The van der Waals surface area contributed by atoms with Gasteiger partial charge in [0, 0.05) is 37.5 Å². The Hall–Kier alpha value is -1.95. The van der Waals surface area contributed by atoms with Crippen LogP contribution in [-0.2, 0) is 7.05 Å². The second-order valence-corrected chi connectivity index (χ2v) is 7.89. The van der Waals surface area contributed by atoms with Crippen molar-refractivity contribution in [1.29, 1.82) is 0 Å². The van der Waals surface area contributed by atoms with E-state index in [1.807, 2.05) is 31.9 Å². The fraction of sp³-hybridized carbons (Fsp3) is 0.474. The fourth-order valence-corrected chi connectivity index (χ4v) is 3.46. The number of aromatic nitrogens is 2. The van der Waals surface area contributed by atoms with Gasteiger partial charge in [0.15, 0.2) is 0 Å². The molecule has 2 aromatic rings. The first-order valence-electron chi connectivity index (χ1n) is 8.78. The molecule has 2 amide bonds. The molecule has 1 aliphatic rings. The van der Waals surface area contributed by atoms with Crippen LogP contribution < -0.4 is 5.32 Å². The zero-order valence-corrected chi connectivity index (χ0v) is 16.0. The van der Waals surface area contributed by atoms with Crippen molar-refractivity contribution in [2.45, 2.75) is 37.0 Å². The Morgan fingerprint density at radius 1 is 1.36 bits per heavy atom. The molecule has 6 heteroatoms. The maximum Gasteiger partial charge on any atom is 0.322 e. The minimum atomic E-state index is -0.0781. The molecule has 0 radical (unpaired) electrons. The van der Waals surface area contributed by atoms with Gasteiger partial charge in [-0.25, -0.2) is 4.79 Å². The predicted octanol–water partition coefficient (Wildman–Crippen LogP) is 4.25. The summed E-state index contributed by atoms with van der Waals surface area (Å²) in [5.41, 5.74) is 2.37. The van der Waals surface area contributed by atoms with E-state index in [4.69, 9.17) is 0 Å². The summed E-state index contributed by atoms with van der Waals surface area (Å²) < 4.78 is 1.76. The summed E-state index contributed by atoms with van der Waals surface area (Å²) in [5, 5.41) is 7.44. The third kappa shape index (κ3) is 5.01. The molecule has 1 aromatic heterocycles. The van der Waals surface area contributed by atoms with Crippen LogP contribution >= 0.6 is 11.8 Å². The number of nitrogens with one attached hydrogen (secondary N) is 1. The number of carbonyl (C=O) groups is 1. The minimum Gasteiger partial charge on any atom is -0.328 e. The second-order valence-electron chi connectivity index (χ2n) is 6.72. The second kappa shape index (κ2) is 7.95. The largest absolute Gasteiger partial charge is 0.328 e. The van der Waals surface area contributed by atoms with E-state index in [9.17, 15) is 4.79 Å². The molecule has 134 valence electrons. The quantitative estimate of drug-likeness (QED) is 0.594. The van der Waals surface area contributed by atoms with Gasteiger partial charge in [0.1, 0.15) is 5.82 Å². The molecule has 0 aliphatic heterocycles. The summed E-state index contributed by atoms with van der Waals surface area (Å²) in [6, 6.07) is 10.5.